The molecular weight excluding hydrogens is 277 g/mol. The first kappa shape index (κ1) is 18.9. The van der Waals surface area contributed by atoms with Gasteiger partial charge in [0.15, 0.2) is 0 Å². The zero-order chi connectivity index (χ0) is 15.3. The van der Waals surface area contributed by atoms with Crippen molar-refractivity contribution in [2.75, 3.05) is 0 Å². The average molecular weight is 302 g/mol. The Kier molecular flexibility index (Phi) is 7.57. The molecule has 0 amide bonds. The minimum Gasteiger partial charge on any atom is -0.371 e. The predicted octanol–water partition coefficient (Wildman–Crippen LogP) is 4.15. The molecule has 0 N–H and O–H groups in total. The standard InChI is InChI=1S/C12H25F3O3Si/c1-9(2)16-19(17-10(3)4,18-11(5)6)8-7-12(13,14)15/h9-11H,7-8H2,1-6H3. The summed E-state index contributed by atoms with van der Waals surface area (Å²) in [6.07, 6.45) is -5.91. The summed E-state index contributed by atoms with van der Waals surface area (Å²) in [5.41, 5.74) is 0. The van der Waals surface area contributed by atoms with Gasteiger partial charge < -0.3 is 13.3 Å². The van der Waals surface area contributed by atoms with Crippen molar-refractivity contribution in [2.24, 2.45) is 0 Å². The molecule has 0 bridgehead atoms. The Labute approximate surface area is 114 Å². The monoisotopic (exact) mass is 302 g/mol. The molecule has 0 heterocycles. The van der Waals surface area contributed by atoms with Crippen molar-refractivity contribution in [3.63, 3.8) is 0 Å². The highest BCUT2D eigenvalue weighted by molar-refractivity contribution is 6.60. The maximum atomic E-state index is 12.5. The van der Waals surface area contributed by atoms with Crippen LogP contribution in [0.1, 0.15) is 48.0 Å². The molecule has 0 aliphatic heterocycles. The third kappa shape index (κ3) is 9.42. The molecule has 0 saturated carbocycles. The van der Waals surface area contributed by atoms with E-state index in [1.165, 1.54) is 0 Å². The van der Waals surface area contributed by atoms with Gasteiger partial charge in [0.25, 0.3) is 0 Å². The van der Waals surface area contributed by atoms with E-state index in [0.29, 0.717) is 0 Å². The molecule has 0 aromatic heterocycles. The van der Waals surface area contributed by atoms with Crippen LogP contribution in [-0.4, -0.2) is 33.3 Å². The first-order valence-corrected chi connectivity index (χ1v) is 8.49. The SMILES string of the molecule is CC(C)O[Si](CCC(F)(F)F)(OC(C)C)OC(C)C. The van der Waals surface area contributed by atoms with Crippen molar-refractivity contribution in [3.8, 4) is 0 Å². The smallest absolute Gasteiger partial charge is 0.371 e. The summed E-state index contributed by atoms with van der Waals surface area (Å²) in [6.45, 7) is 10.6. The average Bonchev–Trinajstić information content (AvgIpc) is 2.09. The summed E-state index contributed by atoms with van der Waals surface area (Å²) in [5.74, 6) is 0. The minimum absolute atomic E-state index is 0.239. The highest BCUT2D eigenvalue weighted by Crippen LogP contribution is 2.30. The van der Waals surface area contributed by atoms with Gasteiger partial charge in [-0.1, -0.05) is 0 Å². The molecule has 7 heteroatoms. The third-order valence-electron chi connectivity index (χ3n) is 1.96. The number of alkyl halides is 3. The van der Waals surface area contributed by atoms with Gasteiger partial charge in [-0.2, -0.15) is 13.2 Å². The molecule has 0 atom stereocenters. The largest absolute Gasteiger partial charge is 0.501 e. The third-order valence-corrected chi connectivity index (χ3v) is 5.31. The van der Waals surface area contributed by atoms with E-state index in [-0.39, 0.29) is 24.4 Å². The van der Waals surface area contributed by atoms with E-state index in [1.54, 1.807) is 41.5 Å². The topological polar surface area (TPSA) is 27.7 Å². The van der Waals surface area contributed by atoms with Crippen molar-refractivity contribution in [1.29, 1.82) is 0 Å². The van der Waals surface area contributed by atoms with Crippen LogP contribution in [0.5, 0.6) is 0 Å². The van der Waals surface area contributed by atoms with Crippen LogP contribution in [-0.2, 0) is 13.3 Å². The molecule has 0 unspecified atom stereocenters. The second kappa shape index (κ2) is 7.61. The highest BCUT2D eigenvalue weighted by Gasteiger charge is 2.47. The fourth-order valence-corrected chi connectivity index (χ4v) is 4.90. The maximum absolute atomic E-state index is 12.5. The summed E-state index contributed by atoms with van der Waals surface area (Å²) in [4.78, 5) is 0. The number of halogens is 3. The van der Waals surface area contributed by atoms with Gasteiger partial charge in [-0.25, -0.2) is 0 Å². The first-order chi connectivity index (χ1) is 8.46. The molecule has 3 nitrogen and oxygen atoms in total. The molecule has 0 rings (SSSR count). The minimum atomic E-state index is -4.24. The van der Waals surface area contributed by atoms with Gasteiger partial charge in [-0.05, 0) is 41.5 Å². The Morgan fingerprint density at radius 1 is 0.789 bits per heavy atom. The Morgan fingerprint density at radius 3 is 1.32 bits per heavy atom. The zero-order valence-corrected chi connectivity index (χ0v) is 13.5. The van der Waals surface area contributed by atoms with E-state index in [0.717, 1.165) is 0 Å². The van der Waals surface area contributed by atoms with Crippen LogP contribution in [0.3, 0.4) is 0 Å². The highest BCUT2D eigenvalue weighted by atomic mass is 28.4. The number of rotatable bonds is 8. The van der Waals surface area contributed by atoms with Gasteiger partial charge in [-0.15, -0.1) is 0 Å². The van der Waals surface area contributed by atoms with Gasteiger partial charge in [-0.3, -0.25) is 0 Å². The lowest BCUT2D eigenvalue weighted by Crippen LogP contribution is -2.51. The van der Waals surface area contributed by atoms with Gasteiger partial charge in [0.05, 0.1) is 0 Å². The first-order valence-electron chi connectivity index (χ1n) is 6.56. The summed E-state index contributed by atoms with van der Waals surface area (Å²) in [6, 6.07) is -0.245. The van der Waals surface area contributed by atoms with Crippen LogP contribution in [0.15, 0.2) is 0 Å². The Morgan fingerprint density at radius 2 is 1.11 bits per heavy atom. The Balaban J connectivity index is 4.98. The van der Waals surface area contributed by atoms with Gasteiger partial charge in [0, 0.05) is 30.8 Å². The van der Waals surface area contributed by atoms with E-state index in [2.05, 4.69) is 0 Å². The lowest BCUT2D eigenvalue weighted by Gasteiger charge is -2.34. The van der Waals surface area contributed by atoms with E-state index in [1.807, 2.05) is 0 Å². The van der Waals surface area contributed by atoms with Crippen molar-refractivity contribution in [3.05, 3.63) is 0 Å². The molecule has 0 saturated heterocycles. The molecular formula is C12H25F3O3Si. The van der Waals surface area contributed by atoms with Crippen LogP contribution < -0.4 is 0 Å². The lowest BCUT2D eigenvalue weighted by molar-refractivity contribution is -0.134. The molecule has 0 aromatic carbocycles. The van der Waals surface area contributed by atoms with Crippen LogP contribution in [0.25, 0.3) is 0 Å². The van der Waals surface area contributed by atoms with Crippen molar-refractivity contribution < 1.29 is 26.4 Å². The van der Waals surface area contributed by atoms with Crippen molar-refractivity contribution in [1.82, 2.24) is 0 Å². The van der Waals surface area contributed by atoms with E-state index >= 15 is 0 Å². The van der Waals surface area contributed by atoms with Crippen LogP contribution in [0.2, 0.25) is 6.04 Å². The Bertz CT molecular complexity index is 229. The van der Waals surface area contributed by atoms with Crippen LogP contribution >= 0.6 is 0 Å². The molecule has 0 radical (unpaired) electrons. The molecule has 116 valence electrons. The number of hydrogen-bond acceptors (Lipinski definition) is 3. The zero-order valence-electron chi connectivity index (χ0n) is 12.5. The van der Waals surface area contributed by atoms with Gasteiger partial charge in [0.1, 0.15) is 0 Å². The molecule has 19 heavy (non-hydrogen) atoms. The molecule has 0 aliphatic rings. The molecule has 0 spiro atoms. The summed E-state index contributed by atoms with van der Waals surface area (Å²) < 4.78 is 54.3. The van der Waals surface area contributed by atoms with Crippen LogP contribution in [0, 0.1) is 0 Å². The maximum Gasteiger partial charge on any atom is 0.501 e. The van der Waals surface area contributed by atoms with Gasteiger partial charge >= 0.3 is 15.0 Å². The quantitative estimate of drug-likeness (QED) is 0.630. The van der Waals surface area contributed by atoms with Gasteiger partial charge in [0.2, 0.25) is 0 Å². The molecule has 0 fully saturated rings. The van der Waals surface area contributed by atoms with E-state index in [4.69, 9.17) is 13.3 Å². The summed E-state index contributed by atoms with van der Waals surface area (Å²) in [5, 5.41) is 0. The number of hydrogen-bond donors (Lipinski definition) is 0. The normalized spacial score (nSPS) is 13.9. The predicted molar refractivity (Wildman–Crippen MR) is 69.9 cm³/mol. The lowest BCUT2D eigenvalue weighted by atomic mass is 10.5. The summed E-state index contributed by atoms with van der Waals surface area (Å²) >= 11 is 0. The van der Waals surface area contributed by atoms with Crippen LogP contribution in [0.4, 0.5) is 13.2 Å². The second-order valence-electron chi connectivity index (χ2n) is 5.30. The fraction of sp³-hybridized carbons (Fsp3) is 1.00. The van der Waals surface area contributed by atoms with Crippen molar-refractivity contribution >= 4 is 8.80 Å². The Hall–Kier alpha value is -0.113. The second-order valence-corrected chi connectivity index (χ2v) is 7.87. The van der Waals surface area contributed by atoms with Crippen molar-refractivity contribution in [2.45, 2.75) is 78.5 Å². The molecule has 0 aliphatic carbocycles. The summed E-state index contributed by atoms with van der Waals surface area (Å²) in [7, 11) is -3.31. The van der Waals surface area contributed by atoms with E-state index < -0.39 is 21.4 Å². The fourth-order valence-electron chi connectivity index (χ4n) is 1.63. The molecule has 0 aromatic rings. The van der Waals surface area contributed by atoms with E-state index in [9.17, 15) is 13.2 Å².